The van der Waals surface area contributed by atoms with Crippen LogP contribution in [0.3, 0.4) is 0 Å². The second-order valence-electron chi connectivity index (χ2n) is 23.4. The standard InChI is InChI=1S/C77H132O6/c1-4-7-10-13-16-19-22-25-28-30-31-32-33-34-35-36-37-38-39-40-41-42-43-44-45-47-49-52-55-58-61-64-67-70-76(79)82-73-74(72-81-75(78)69-66-63-60-57-54-51-48-27-24-21-18-15-12-9-6-3)83-77(80)71-68-65-62-59-56-53-50-46-29-26-23-20-17-14-11-8-5-2/h7,10,16,19,25-26,28-29,31-32,34-35,37-38,40-41,43-44,74H,4-6,8-9,11-15,17-18,20-24,27,30,33,36,39,42,45-73H2,1-3H3/b10-7-,19-16-,28-25-,29-26-,32-31-,35-34-,38-37-,41-40-,44-43-. The topological polar surface area (TPSA) is 78.9 Å². The third-order valence-corrected chi connectivity index (χ3v) is 15.3. The highest BCUT2D eigenvalue weighted by molar-refractivity contribution is 5.71. The van der Waals surface area contributed by atoms with E-state index in [1.165, 1.54) is 186 Å². The van der Waals surface area contributed by atoms with Crippen molar-refractivity contribution in [3.8, 4) is 0 Å². The highest BCUT2D eigenvalue weighted by atomic mass is 16.6. The molecule has 0 amide bonds. The summed E-state index contributed by atoms with van der Waals surface area (Å²) in [4.78, 5) is 38.4. The Hall–Kier alpha value is -3.93. The summed E-state index contributed by atoms with van der Waals surface area (Å²) >= 11 is 0. The van der Waals surface area contributed by atoms with Crippen molar-refractivity contribution >= 4 is 17.9 Å². The number of carbonyl (C=O) groups excluding carboxylic acids is 3. The van der Waals surface area contributed by atoms with E-state index in [1.807, 2.05) is 0 Å². The lowest BCUT2D eigenvalue weighted by Gasteiger charge is -2.18. The molecular weight excluding hydrogens is 1020 g/mol. The number of unbranched alkanes of at least 4 members (excludes halogenated alkanes) is 35. The first-order valence-electron chi connectivity index (χ1n) is 35.4. The van der Waals surface area contributed by atoms with Crippen LogP contribution in [0.25, 0.3) is 0 Å². The van der Waals surface area contributed by atoms with Crippen LogP contribution < -0.4 is 0 Å². The summed E-state index contributed by atoms with van der Waals surface area (Å²) in [6.45, 7) is 6.55. The Labute approximate surface area is 514 Å². The molecule has 1 atom stereocenters. The van der Waals surface area contributed by atoms with Crippen LogP contribution in [0.2, 0.25) is 0 Å². The molecule has 0 aliphatic carbocycles. The Morgan fingerprint density at radius 2 is 0.470 bits per heavy atom. The number of allylic oxidation sites excluding steroid dienone is 18. The zero-order valence-corrected chi connectivity index (χ0v) is 54.7. The van der Waals surface area contributed by atoms with Crippen LogP contribution in [0.1, 0.15) is 342 Å². The summed E-state index contributed by atoms with van der Waals surface area (Å²) < 4.78 is 17.0. The van der Waals surface area contributed by atoms with Gasteiger partial charge in [0.1, 0.15) is 13.2 Å². The Balaban J connectivity index is 4.29. The van der Waals surface area contributed by atoms with Crippen LogP contribution in [0.15, 0.2) is 109 Å². The van der Waals surface area contributed by atoms with E-state index in [0.29, 0.717) is 19.3 Å². The van der Waals surface area contributed by atoms with Crippen molar-refractivity contribution < 1.29 is 28.6 Å². The van der Waals surface area contributed by atoms with Crippen molar-refractivity contribution in [3.05, 3.63) is 109 Å². The first-order chi connectivity index (χ1) is 41.0. The molecule has 0 bridgehead atoms. The monoisotopic (exact) mass is 1150 g/mol. The normalized spacial score (nSPS) is 12.8. The smallest absolute Gasteiger partial charge is 0.306 e. The van der Waals surface area contributed by atoms with Gasteiger partial charge in [-0.15, -0.1) is 0 Å². The van der Waals surface area contributed by atoms with E-state index in [9.17, 15) is 14.4 Å². The predicted molar refractivity (Wildman–Crippen MR) is 362 cm³/mol. The van der Waals surface area contributed by atoms with Crippen LogP contribution in [0.4, 0.5) is 0 Å². The minimum Gasteiger partial charge on any atom is -0.462 e. The number of rotatable bonds is 64. The van der Waals surface area contributed by atoms with Gasteiger partial charge in [-0.1, -0.05) is 323 Å². The van der Waals surface area contributed by atoms with E-state index >= 15 is 0 Å². The number of esters is 3. The molecule has 0 aliphatic heterocycles. The van der Waals surface area contributed by atoms with E-state index in [-0.39, 0.29) is 31.1 Å². The second kappa shape index (κ2) is 70.6. The van der Waals surface area contributed by atoms with Crippen LogP contribution in [0.5, 0.6) is 0 Å². The molecule has 6 nitrogen and oxygen atoms in total. The van der Waals surface area contributed by atoms with Gasteiger partial charge >= 0.3 is 17.9 Å². The Bertz CT molecular complexity index is 1660. The first-order valence-corrected chi connectivity index (χ1v) is 35.4. The van der Waals surface area contributed by atoms with Crippen LogP contribution >= 0.6 is 0 Å². The minimum atomic E-state index is -0.784. The quantitative estimate of drug-likeness (QED) is 0.0261. The molecule has 6 heteroatoms. The Kier molecular flexibility index (Phi) is 67.2. The molecule has 0 aromatic heterocycles. The zero-order chi connectivity index (χ0) is 59.9. The molecular formula is C77H132O6. The van der Waals surface area contributed by atoms with Gasteiger partial charge in [-0.3, -0.25) is 14.4 Å². The predicted octanol–water partition coefficient (Wildman–Crippen LogP) is 24.6. The number of hydrogen-bond acceptors (Lipinski definition) is 6. The third kappa shape index (κ3) is 68.7. The average molecular weight is 1150 g/mol. The van der Waals surface area contributed by atoms with Gasteiger partial charge in [-0.25, -0.2) is 0 Å². The van der Waals surface area contributed by atoms with Crippen molar-refractivity contribution in [2.75, 3.05) is 13.2 Å². The molecule has 0 aromatic rings. The zero-order valence-electron chi connectivity index (χ0n) is 54.7. The van der Waals surface area contributed by atoms with Gasteiger partial charge in [0.25, 0.3) is 0 Å². The lowest BCUT2D eigenvalue weighted by atomic mass is 10.0. The Morgan fingerprint density at radius 1 is 0.253 bits per heavy atom. The molecule has 1 unspecified atom stereocenters. The van der Waals surface area contributed by atoms with Gasteiger partial charge in [-0.05, 0) is 109 Å². The third-order valence-electron chi connectivity index (χ3n) is 15.3. The SMILES string of the molecule is CC/C=C\C/C=C\C/C=C\C/C=C\C/C=C\C/C=C\C/C=C\C/C=C\CCCCCCCCCCC(=O)OCC(COC(=O)CCCCCCCCCCCCCCCCC)OC(=O)CCCCCCCCC/C=C\CCCCCCCC. The molecule has 0 aromatic carbocycles. The summed E-state index contributed by atoms with van der Waals surface area (Å²) in [6.07, 6.45) is 96.8. The number of hydrogen-bond donors (Lipinski definition) is 0. The van der Waals surface area contributed by atoms with E-state index in [2.05, 4.69) is 130 Å². The van der Waals surface area contributed by atoms with E-state index in [0.717, 1.165) is 116 Å². The maximum atomic E-state index is 12.9. The van der Waals surface area contributed by atoms with Crippen molar-refractivity contribution in [1.29, 1.82) is 0 Å². The van der Waals surface area contributed by atoms with Crippen LogP contribution in [0, 0.1) is 0 Å². The molecule has 0 saturated heterocycles. The fraction of sp³-hybridized carbons (Fsp3) is 0.727. The van der Waals surface area contributed by atoms with Crippen LogP contribution in [-0.2, 0) is 28.6 Å². The number of ether oxygens (including phenoxy) is 3. The lowest BCUT2D eigenvalue weighted by molar-refractivity contribution is -0.167. The molecule has 0 radical (unpaired) electrons. The molecule has 0 rings (SSSR count). The molecule has 0 saturated carbocycles. The molecule has 0 aliphatic rings. The van der Waals surface area contributed by atoms with Crippen molar-refractivity contribution in [3.63, 3.8) is 0 Å². The second-order valence-corrected chi connectivity index (χ2v) is 23.4. The summed E-state index contributed by atoms with van der Waals surface area (Å²) in [6, 6.07) is 0. The van der Waals surface area contributed by atoms with Gasteiger partial charge in [0.15, 0.2) is 6.10 Å². The fourth-order valence-electron chi connectivity index (χ4n) is 9.99. The fourth-order valence-corrected chi connectivity index (χ4v) is 9.99. The molecule has 0 N–H and O–H groups in total. The maximum absolute atomic E-state index is 12.9. The summed E-state index contributed by atoms with van der Waals surface area (Å²) in [7, 11) is 0. The highest BCUT2D eigenvalue weighted by Gasteiger charge is 2.19. The highest BCUT2D eigenvalue weighted by Crippen LogP contribution is 2.17. The van der Waals surface area contributed by atoms with Gasteiger partial charge < -0.3 is 14.2 Å². The Morgan fingerprint density at radius 3 is 0.747 bits per heavy atom. The van der Waals surface area contributed by atoms with Crippen molar-refractivity contribution in [2.45, 2.75) is 348 Å². The van der Waals surface area contributed by atoms with Gasteiger partial charge in [0.2, 0.25) is 0 Å². The molecule has 83 heavy (non-hydrogen) atoms. The van der Waals surface area contributed by atoms with Gasteiger partial charge in [0, 0.05) is 19.3 Å². The van der Waals surface area contributed by atoms with Gasteiger partial charge in [0.05, 0.1) is 0 Å². The first kappa shape index (κ1) is 79.1. The minimum absolute atomic E-state index is 0.0786. The summed E-state index contributed by atoms with van der Waals surface area (Å²) in [5.41, 5.74) is 0. The van der Waals surface area contributed by atoms with Crippen molar-refractivity contribution in [1.82, 2.24) is 0 Å². The maximum Gasteiger partial charge on any atom is 0.306 e. The molecule has 0 spiro atoms. The number of carbonyl (C=O) groups is 3. The van der Waals surface area contributed by atoms with E-state index in [4.69, 9.17) is 14.2 Å². The van der Waals surface area contributed by atoms with Crippen molar-refractivity contribution in [2.24, 2.45) is 0 Å². The summed E-state index contributed by atoms with van der Waals surface area (Å²) in [5, 5.41) is 0. The molecule has 0 fully saturated rings. The lowest BCUT2D eigenvalue weighted by Crippen LogP contribution is -2.30. The largest absolute Gasteiger partial charge is 0.462 e. The van der Waals surface area contributed by atoms with E-state index in [1.54, 1.807) is 0 Å². The van der Waals surface area contributed by atoms with Crippen LogP contribution in [-0.4, -0.2) is 37.2 Å². The van der Waals surface area contributed by atoms with E-state index < -0.39 is 6.10 Å². The summed E-state index contributed by atoms with van der Waals surface area (Å²) in [5.74, 6) is -0.876. The van der Waals surface area contributed by atoms with Gasteiger partial charge in [-0.2, -0.15) is 0 Å². The molecule has 0 heterocycles. The average Bonchev–Trinajstić information content (AvgIpc) is 3.49. The molecule has 476 valence electrons.